The van der Waals surface area contributed by atoms with Gasteiger partial charge in [-0.2, -0.15) is 0 Å². The van der Waals surface area contributed by atoms with Crippen molar-refractivity contribution in [1.82, 2.24) is 4.90 Å². The molecule has 2 heteroatoms. The average molecular weight is 220 g/mol. The molecule has 0 unspecified atom stereocenters. The van der Waals surface area contributed by atoms with E-state index < -0.39 is 0 Å². The number of rotatable bonds is 5. The summed E-state index contributed by atoms with van der Waals surface area (Å²) in [4.78, 5) is 2.72. The smallest absolute Gasteiger partial charge is 0.00952 e. The first-order chi connectivity index (χ1) is 6.38. The maximum atomic E-state index is 2.72. The third-order valence-corrected chi connectivity index (χ3v) is 3.11. The molecule has 86 valence electrons. The summed E-state index contributed by atoms with van der Waals surface area (Å²) >= 11 is 0. The zero-order valence-electron chi connectivity index (χ0n) is 9.80. The molecule has 1 aliphatic carbocycles. The van der Waals surface area contributed by atoms with Crippen molar-refractivity contribution in [3.63, 3.8) is 0 Å². The molecule has 0 saturated heterocycles. The highest BCUT2D eigenvalue weighted by Crippen LogP contribution is 2.22. The summed E-state index contributed by atoms with van der Waals surface area (Å²) < 4.78 is 0. The van der Waals surface area contributed by atoms with Gasteiger partial charge in [-0.25, -0.2) is 0 Å². The van der Waals surface area contributed by atoms with Crippen LogP contribution in [0.1, 0.15) is 58.8 Å². The quantitative estimate of drug-likeness (QED) is 0.679. The molecule has 0 aromatic heterocycles. The molecule has 0 aromatic rings. The summed E-state index contributed by atoms with van der Waals surface area (Å²) in [7, 11) is 0. The molecule has 14 heavy (non-hydrogen) atoms. The molecule has 0 heterocycles. The maximum Gasteiger partial charge on any atom is 0.00952 e. The zero-order chi connectivity index (χ0) is 9.52. The Balaban J connectivity index is 0.00000169. The van der Waals surface area contributed by atoms with Crippen molar-refractivity contribution in [1.29, 1.82) is 0 Å². The summed E-state index contributed by atoms with van der Waals surface area (Å²) in [5.74, 6) is 0. The van der Waals surface area contributed by atoms with Gasteiger partial charge in [0.05, 0.1) is 0 Å². The van der Waals surface area contributed by atoms with Crippen LogP contribution in [0, 0.1) is 0 Å². The minimum absolute atomic E-state index is 0. The highest BCUT2D eigenvalue weighted by molar-refractivity contribution is 5.85. The Morgan fingerprint density at radius 1 is 0.929 bits per heavy atom. The Kier molecular flexibility index (Phi) is 8.70. The lowest BCUT2D eigenvalue weighted by Gasteiger charge is -2.33. The van der Waals surface area contributed by atoms with Crippen LogP contribution in [0.15, 0.2) is 0 Å². The van der Waals surface area contributed by atoms with Crippen molar-refractivity contribution < 1.29 is 0 Å². The Hall–Kier alpha value is 0.250. The predicted octanol–water partition coefficient (Wildman–Crippen LogP) is 3.86. The van der Waals surface area contributed by atoms with Crippen molar-refractivity contribution in [3.8, 4) is 0 Å². The van der Waals surface area contributed by atoms with Gasteiger partial charge in [0.25, 0.3) is 0 Å². The van der Waals surface area contributed by atoms with E-state index in [9.17, 15) is 0 Å². The lowest BCUT2D eigenvalue weighted by molar-refractivity contribution is 0.156. The van der Waals surface area contributed by atoms with Gasteiger partial charge in [-0.15, -0.1) is 12.4 Å². The topological polar surface area (TPSA) is 3.24 Å². The zero-order valence-corrected chi connectivity index (χ0v) is 10.6. The number of hydrogen-bond donors (Lipinski definition) is 0. The first kappa shape index (κ1) is 14.2. The van der Waals surface area contributed by atoms with Crippen LogP contribution in [0.4, 0.5) is 0 Å². The van der Waals surface area contributed by atoms with Gasteiger partial charge in [0.1, 0.15) is 0 Å². The van der Waals surface area contributed by atoms with E-state index in [1.807, 2.05) is 0 Å². The number of hydrogen-bond acceptors (Lipinski definition) is 1. The normalized spacial score (nSPS) is 18.2. The third-order valence-electron chi connectivity index (χ3n) is 3.11. The Bertz CT molecular complexity index is 115. The summed E-state index contributed by atoms with van der Waals surface area (Å²) in [5.41, 5.74) is 0. The van der Waals surface area contributed by atoms with E-state index in [0.717, 1.165) is 6.04 Å². The second kappa shape index (κ2) is 8.55. The molecule has 0 radical (unpaired) electrons. The van der Waals surface area contributed by atoms with E-state index in [0.29, 0.717) is 0 Å². The van der Waals surface area contributed by atoms with E-state index >= 15 is 0 Å². The SMILES string of the molecule is CCCN(CCC)C1CCCCC1.Cl. The standard InChI is InChI=1S/C12H25N.ClH/c1-3-10-13(11-4-2)12-8-6-5-7-9-12;/h12H,3-11H2,1-2H3;1H. The van der Waals surface area contributed by atoms with Crippen molar-refractivity contribution in [2.75, 3.05) is 13.1 Å². The monoisotopic (exact) mass is 219 g/mol. The van der Waals surface area contributed by atoms with Crippen LogP contribution in [0.2, 0.25) is 0 Å². The highest BCUT2D eigenvalue weighted by Gasteiger charge is 2.19. The molecule has 0 bridgehead atoms. The largest absolute Gasteiger partial charge is 0.300 e. The van der Waals surface area contributed by atoms with Crippen LogP contribution in [-0.2, 0) is 0 Å². The summed E-state index contributed by atoms with van der Waals surface area (Å²) in [5, 5.41) is 0. The second-order valence-corrected chi connectivity index (χ2v) is 4.33. The molecule has 0 atom stereocenters. The van der Waals surface area contributed by atoms with Gasteiger partial charge in [-0.05, 0) is 38.8 Å². The van der Waals surface area contributed by atoms with Gasteiger partial charge < -0.3 is 4.90 Å². The maximum absolute atomic E-state index is 2.72. The van der Waals surface area contributed by atoms with Gasteiger partial charge in [0, 0.05) is 6.04 Å². The highest BCUT2D eigenvalue weighted by atomic mass is 35.5. The van der Waals surface area contributed by atoms with E-state index in [1.54, 1.807) is 0 Å². The van der Waals surface area contributed by atoms with Crippen molar-refractivity contribution in [2.24, 2.45) is 0 Å². The summed E-state index contributed by atoms with van der Waals surface area (Å²) in [6.07, 6.45) is 9.96. The number of halogens is 1. The molecule has 1 rings (SSSR count). The molecule has 1 nitrogen and oxygen atoms in total. The fourth-order valence-corrected chi connectivity index (χ4v) is 2.50. The molecule has 1 fully saturated rings. The van der Waals surface area contributed by atoms with E-state index in [2.05, 4.69) is 18.7 Å². The van der Waals surface area contributed by atoms with Gasteiger partial charge in [-0.3, -0.25) is 0 Å². The fourth-order valence-electron chi connectivity index (χ4n) is 2.50. The van der Waals surface area contributed by atoms with Crippen LogP contribution < -0.4 is 0 Å². The molecule has 0 spiro atoms. The molecular formula is C12H26ClN. The predicted molar refractivity (Wildman–Crippen MR) is 66.3 cm³/mol. The van der Waals surface area contributed by atoms with Gasteiger partial charge in [0.15, 0.2) is 0 Å². The molecule has 1 saturated carbocycles. The Labute approximate surface area is 95.7 Å². The van der Waals surface area contributed by atoms with Gasteiger partial charge in [-0.1, -0.05) is 33.1 Å². The van der Waals surface area contributed by atoms with Gasteiger partial charge in [0.2, 0.25) is 0 Å². The molecular weight excluding hydrogens is 194 g/mol. The lowest BCUT2D eigenvalue weighted by Crippen LogP contribution is -2.37. The van der Waals surface area contributed by atoms with Crippen molar-refractivity contribution in [2.45, 2.75) is 64.8 Å². The Morgan fingerprint density at radius 2 is 1.43 bits per heavy atom. The van der Waals surface area contributed by atoms with Crippen molar-refractivity contribution >= 4 is 12.4 Å². The van der Waals surface area contributed by atoms with Gasteiger partial charge >= 0.3 is 0 Å². The molecule has 1 aliphatic rings. The lowest BCUT2D eigenvalue weighted by atomic mass is 9.94. The fraction of sp³-hybridized carbons (Fsp3) is 1.00. The second-order valence-electron chi connectivity index (χ2n) is 4.33. The number of nitrogens with zero attached hydrogens (tertiary/aromatic N) is 1. The van der Waals surface area contributed by atoms with Crippen LogP contribution in [0.3, 0.4) is 0 Å². The first-order valence-electron chi connectivity index (χ1n) is 6.12. The van der Waals surface area contributed by atoms with E-state index in [4.69, 9.17) is 0 Å². The molecule has 0 aliphatic heterocycles. The molecule has 0 amide bonds. The molecule has 0 N–H and O–H groups in total. The minimum atomic E-state index is 0. The van der Waals surface area contributed by atoms with E-state index in [1.165, 1.54) is 58.0 Å². The average Bonchev–Trinajstić information content (AvgIpc) is 2.19. The van der Waals surface area contributed by atoms with Crippen LogP contribution in [0.25, 0.3) is 0 Å². The first-order valence-corrected chi connectivity index (χ1v) is 6.12. The van der Waals surface area contributed by atoms with Crippen molar-refractivity contribution in [3.05, 3.63) is 0 Å². The van der Waals surface area contributed by atoms with Crippen LogP contribution >= 0.6 is 12.4 Å². The third kappa shape index (κ3) is 4.65. The summed E-state index contributed by atoms with van der Waals surface area (Å²) in [6, 6.07) is 0.925. The van der Waals surface area contributed by atoms with E-state index in [-0.39, 0.29) is 12.4 Å². The minimum Gasteiger partial charge on any atom is -0.300 e. The Morgan fingerprint density at radius 3 is 1.86 bits per heavy atom. The summed E-state index contributed by atoms with van der Waals surface area (Å²) in [6.45, 7) is 7.23. The van der Waals surface area contributed by atoms with Crippen LogP contribution in [0.5, 0.6) is 0 Å². The molecule has 0 aromatic carbocycles. The van der Waals surface area contributed by atoms with Crippen LogP contribution in [-0.4, -0.2) is 24.0 Å².